The monoisotopic (exact) mass is 430 g/mol. The summed E-state index contributed by atoms with van der Waals surface area (Å²) in [5.74, 6) is -0.458. The van der Waals surface area contributed by atoms with Gasteiger partial charge in [0.1, 0.15) is 0 Å². The van der Waals surface area contributed by atoms with E-state index in [1.165, 1.54) is 18.4 Å². The van der Waals surface area contributed by atoms with Crippen molar-refractivity contribution in [3.8, 4) is 21.6 Å². The standard InChI is InChI=1S/C21H22N2O4S2/c1-13(2)29(25,26)23-18-11-12-28-20(18)15-9-7-14(8-10-15)19-16(21(24)27-3)5-4-6-17(19)22/h4-13,23H,22H2,1-3H3. The number of nitrogens with one attached hydrogen (secondary N) is 1. The van der Waals surface area contributed by atoms with Crippen molar-refractivity contribution in [2.24, 2.45) is 0 Å². The number of rotatable bonds is 6. The van der Waals surface area contributed by atoms with E-state index >= 15 is 0 Å². The average molecular weight is 431 g/mol. The number of carbonyl (C=O) groups is 1. The molecule has 8 heteroatoms. The highest BCUT2D eigenvalue weighted by atomic mass is 32.2. The molecule has 0 radical (unpaired) electrons. The number of benzene rings is 2. The molecule has 0 saturated heterocycles. The molecule has 0 unspecified atom stereocenters. The van der Waals surface area contributed by atoms with Gasteiger partial charge in [-0.25, -0.2) is 13.2 Å². The van der Waals surface area contributed by atoms with Gasteiger partial charge < -0.3 is 10.5 Å². The third-order valence-electron chi connectivity index (χ3n) is 4.48. The molecule has 6 nitrogen and oxygen atoms in total. The van der Waals surface area contributed by atoms with Crippen LogP contribution in [-0.2, 0) is 14.8 Å². The van der Waals surface area contributed by atoms with Crippen LogP contribution in [0.3, 0.4) is 0 Å². The maximum Gasteiger partial charge on any atom is 0.338 e. The predicted octanol–water partition coefficient (Wildman–Crippen LogP) is 4.60. The van der Waals surface area contributed by atoms with Crippen molar-refractivity contribution in [2.45, 2.75) is 19.1 Å². The summed E-state index contributed by atoms with van der Waals surface area (Å²) in [5, 5.41) is 1.31. The van der Waals surface area contributed by atoms with Gasteiger partial charge in [-0.3, -0.25) is 4.72 Å². The zero-order valence-corrected chi connectivity index (χ0v) is 17.9. The van der Waals surface area contributed by atoms with Crippen LogP contribution in [0.1, 0.15) is 24.2 Å². The molecule has 0 amide bonds. The zero-order chi connectivity index (χ0) is 21.2. The highest BCUT2D eigenvalue weighted by molar-refractivity contribution is 7.93. The highest BCUT2D eigenvalue weighted by Crippen LogP contribution is 2.37. The molecule has 0 aliphatic rings. The summed E-state index contributed by atoms with van der Waals surface area (Å²) >= 11 is 1.45. The van der Waals surface area contributed by atoms with Crippen molar-refractivity contribution < 1.29 is 17.9 Å². The van der Waals surface area contributed by atoms with Crippen LogP contribution in [0.4, 0.5) is 11.4 Å². The molecule has 1 aromatic heterocycles. The lowest BCUT2D eigenvalue weighted by Gasteiger charge is -2.13. The van der Waals surface area contributed by atoms with Crippen LogP contribution in [0.25, 0.3) is 21.6 Å². The summed E-state index contributed by atoms with van der Waals surface area (Å²) < 4.78 is 32.0. The molecule has 0 atom stereocenters. The van der Waals surface area contributed by atoms with Crippen molar-refractivity contribution in [1.29, 1.82) is 0 Å². The van der Waals surface area contributed by atoms with Crippen LogP contribution >= 0.6 is 11.3 Å². The maximum absolute atomic E-state index is 12.2. The summed E-state index contributed by atoms with van der Waals surface area (Å²) in [6, 6.07) is 14.3. The molecule has 2 aromatic carbocycles. The summed E-state index contributed by atoms with van der Waals surface area (Å²) in [7, 11) is -2.11. The number of carbonyl (C=O) groups excluding carboxylic acids is 1. The molecule has 0 saturated carbocycles. The van der Waals surface area contributed by atoms with E-state index in [9.17, 15) is 13.2 Å². The number of nitrogen functional groups attached to an aromatic ring is 1. The van der Waals surface area contributed by atoms with Crippen molar-refractivity contribution in [1.82, 2.24) is 0 Å². The van der Waals surface area contributed by atoms with Gasteiger partial charge in [-0.15, -0.1) is 11.3 Å². The van der Waals surface area contributed by atoms with Crippen LogP contribution in [0.2, 0.25) is 0 Å². The number of nitrogens with two attached hydrogens (primary N) is 1. The fourth-order valence-electron chi connectivity index (χ4n) is 2.84. The molecule has 3 aromatic rings. The van der Waals surface area contributed by atoms with Crippen molar-refractivity contribution in [3.05, 3.63) is 59.5 Å². The van der Waals surface area contributed by atoms with E-state index in [1.54, 1.807) is 38.1 Å². The minimum atomic E-state index is -3.44. The highest BCUT2D eigenvalue weighted by Gasteiger charge is 2.19. The summed E-state index contributed by atoms with van der Waals surface area (Å²) in [6.07, 6.45) is 0. The van der Waals surface area contributed by atoms with Gasteiger partial charge in [-0.1, -0.05) is 30.3 Å². The van der Waals surface area contributed by atoms with Gasteiger partial charge in [0, 0.05) is 11.3 Å². The number of hydrogen-bond acceptors (Lipinski definition) is 6. The Morgan fingerprint density at radius 2 is 1.72 bits per heavy atom. The fraction of sp³-hybridized carbons (Fsp3) is 0.190. The van der Waals surface area contributed by atoms with Crippen LogP contribution in [0.15, 0.2) is 53.9 Å². The largest absolute Gasteiger partial charge is 0.465 e. The molecule has 0 bridgehead atoms. The Morgan fingerprint density at radius 1 is 1.07 bits per heavy atom. The Bertz CT molecular complexity index is 1130. The maximum atomic E-state index is 12.2. The van der Waals surface area contributed by atoms with Gasteiger partial charge in [-0.2, -0.15) is 0 Å². The summed E-state index contributed by atoms with van der Waals surface area (Å²) in [5.41, 5.74) is 9.77. The van der Waals surface area contributed by atoms with Crippen LogP contribution in [-0.4, -0.2) is 26.7 Å². The molecule has 0 aliphatic heterocycles. The number of esters is 1. The first kappa shape index (κ1) is 20.9. The second kappa shape index (κ2) is 8.26. The smallest absolute Gasteiger partial charge is 0.338 e. The first-order valence-corrected chi connectivity index (χ1v) is 11.3. The predicted molar refractivity (Wildman–Crippen MR) is 119 cm³/mol. The normalized spacial score (nSPS) is 11.4. The van der Waals surface area contributed by atoms with E-state index in [0.29, 0.717) is 22.5 Å². The molecule has 3 rings (SSSR count). The molecule has 3 N–H and O–H groups in total. The number of thiophene rings is 1. The molecular formula is C21H22N2O4S2. The lowest BCUT2D eigenvalue weighted by Crippen LogP contribution is -2.22. The van der Waals surface area contributed by atoms with Crippen LogP contribution < -0.4 is 10.5 Å². The Morgan fingerprint density at radius 3 is 2.34 bits per heavy atom. The second-order valence-electron chi connectivity index (χ2n) is 6.70. The van der Waals surface area contributed by atoms with E-state index in [-0.39, 0.29) is 0 Å². The van der Waals surface area contributed by atoms with Crippen molar-refractivity contribution >= 4 is 38.7 Å². The van der Waals surface area contributed by atoms with Gasteiger partial charge in [0.05, 0.1) is 28.5 Å². The van der Waals surface area contributed by atoms with Crippen molar-refractivity contribution in [3.63, 3.8) is 0 Å². The second-order valence-corrected chi connectivity index (χ2v) is 9.85. The number of hydrogen-bond donors (Lipinski definition) is 2. The number of sulfonamides is 1. The number of ether oxygens (including phenoxy) is 1. The molecule has 0 aliphatic carbocycles. The van der Waals surface area contributed by atoms with E-state index in [4.69, 9.17) is 10.5 Å². The van der Waals surface area contributed by atoms with E-state index in [1.807, 2.05) is 29.6 Å². The van der Waals surface area contributed by atoms with E-state index in [0.717, 1.165) is 16.0 Å². The van der Waals surface area contributed by atoms with Crippen LogP contribution in [0.5, 0.6) is 0 Å². The quantitative estimate of drug-likeness (QED) is 0.440. The first-order valence-electron chi connectivity index (χ1n) is 8.91. The average Bonchev–Trinajstić information content (AvgIpc) is 3.14. The molecular weight excluding hydrogens is 408 g/mol. The molecule has 152 valence electrons. The molecule has 0 spiro atoms. The van der Waals surface area contributed by atoms with Gasteiger partial charge in [0.15, 0.2) is 0 Å². The van der Waals surface area contributed by atoms with Gasteiger partial charge in [0.2, 0.25) is 10.0 Å². The van der Waals surface area contributed by atoms with Gasteiger partial charge in [-0.05, 0) is 48.6 Å². The Labute approximate surface area is 174 Å². The minimum Gasteiger partial charge on any atom is -0.465 e. The Hall–Kier alpha value is -2.84. The minimum absolute atomic E-state index is 0.391. The first-order chi connectivity index (χ1) is 13.7. The SMILES string of the molecule is COC(=O)c1cccc(N)c1-c1ccc(-c2sccc2NS(=O)(=O)C(C)C)cc1. The third-order valence-corrected chi connectivity index (χ3v) is 7.18. The lowest BCUT2D eigenvalue weighted by atomic mass is 9.96. The third kappa shape index (κ3) is 4.28. The Balaban J connectivity index is 1.98. The lowest BCUT2D eigenvalue weighted by molar-refractivity contribution is 0.0601. The Kier molecular flexibility index (Phi) is 5.95. The summed E-state index contributed by atoms with van der Waals surface area (Å²) in [6.45, 7) is 3.26. The zero-order valence-electron chi connectivity index (χ0n) is 16.3. The molecule has 29 heavy (non-hydrogen) atoms. The van der Waals surface area contributed by atoms with Crippen LogP contribution in [0, 0.1) is 0 Å². The van der Waals surface area contributed by atoms with Crippen molar-refractivity contribution in [2.75, 3.05) is 17.6 Å². The number of methoxy groups -OCH3 is 1. The molecule has 1 heterocycles. The van der Waals surface area contributed by atoms with E-state index < -0.39 is 21.2 Å². The number of anilines is 2. The van der Waals surface area contributed by atoms with Gasteiger partial charge in [0.25, 0.3) is 0 Å². The topological polar surface area (TPSA) is 98.5 Å². The fourth-order valence-corrected chi connectivity index (χ4v) is 4.48. The van der Waals surface area contributed by atoms with Gasteiger partial charge >= 0.3 is 5.97 Å². The molecule has 0 fully saturated rings. The summed E-state index contributed by atoms with van der Waals surface area (Å²) in [4.78, 5) is 12.9. The van der Waals surface area contributed by atoms with E-state index in [2.05, 4.69) is 4.72 Å².